The van der Waals surface area contributed by atoms with Crippen LogP contribution < -0.4 is 9.64 Å². The number of rotatable bonds is 4. The zero-order chi connectivity index (χ0) is 17.1. The number of ether oxygens (including phenoxy) is 1. The Morgan fingerprint density at radius 1 is 1.25 bits per heavy atom. The van der Waals surface area contributed by atoms with Gasteiger partial charge in [0.2, 0.25) is 0 Å². The smallest absolute Gasteiger partial charge is 0.270 e. The first kappa shape index (κ1) is 17.0. The molecular formula is C18H14ClNO2S2. The number of nitrogens with zero attached hydrogens (tertiary/aromatic N) is 1. The number of thioether (sulfide) groups is 1. The van der Waals surface area contributed by atoms with Crippen LogP contribution in [0.1, 0.15) is 12.5 Å². The molecule has 1 aliphatic rings. The normalized spacial score (nSPS) is 16.1. The van der Waals surface area contributed by atoms with E-state index in [4.69, 9.17) is 28.6 Å². The van der Waals surface area contributed by atoms with Crippen LogP contribution in [0.5, 0.6) is 5.75 Å². The van der Waals surface area contributed by atoms with Crippen molar-refractivity contribution >= 4 is 57.6 Å². The van der Waals surface area contributed by atoms with Crippen molar-refractivity contribution in [2.45, 2.75) is 6.92 Å². The Morgan fingerprint density at radius 3 is 2.67 bits per heavy atom. The van der Waals surface area contributed by atoms with Crippen LogP contribution >= 0.6 is 35.6 Å². The Bertz CT molecular complexity index is 818. The van der Waals surface area contributed by atoms with Crippen LogP contribution in [0.3, 0.4) is 0 Å². The van der Waals surface area contributed by atoms with Crippen LogP contribution in [0.25, 0.3) is 6.08 Å². The lowest BCUT2D eigenvalue weighted by Gasteiger charge is -2.15. The lowest BCUT2D eigenvalue weighted by atomic mass is 10.2. The highest BCUT2D eigenvalue weighted by Crippen LogP contribution is 2.36. The van der Waals surface area contributed by atoms with E-state index in [0.29, 0.717) is 20.9 Å². The van der Waals surface area contributed by atoms with E-state index < -0.39 is 0 Å². The summed E-state index contributed by atoms with van der Waals surface area (Å²) in [7, 11) is 0. The SMILES string of the molecule is CCOc1ccc(N2C(=O)/C(=C\c3cccc(Cl)c3)SC2=S)cc1. The second kappa shape index (κ2) is 7.38. The Kier molecular flexibility index (Phi) is 5.23. The molecule has 0 bridgehead atoms. The Balaban J connectivity index is 1.86. The van der Waals surface area contributed by atoms with E-state index in [1.54, 1.807) is 12.1 Å². The number of carbonyl (C=O) groups excluding carboxylic acids is 1. The van der Waals surface area contributed by atoms with Gasteiger partial charge in [0.05, 0.1) is 17.2 Å². The summed E-state index contributed by atoms with van der Waals surface area (Å²) in [6.45, 7) is 2.53. The fraction of sp³-hybridized carbons (Fsp3) is 0.111. The predicted molar refractivity (Wildman–Crippen MR) is 105 cm³/mol. The molecule has 3 rings (SSSR count). The van der Waals surface area contributed by atoms with E-state index in [2.05, 4.69) is 0 Å². The molecule has 0 radical (unpaired) electrons. The minimum atomic E-state index is -0.130. The monoisotopic (exact) mass is 375 g/mol. The lowest BCUT2D eigenvalue weighted by molar-refractivity contribution is -0.113. The molecule has 6 heteroatoms. The van der Waals surface area contributed by atoms with Gasteiger partial charge >= 0.3 is 0 Å². The van der Waals surface area contributed by atoms with Gasteiger partial charge in [0.15, 0.2) is 4.32 Å². The van der Waals surface area contributed by atoms with Crippen molar-refractivity contribution in [2.24, 2.45) is 0 Å². The molecule has 0 unspecified atom stereocenters. The van der Waals surface area contributed by atoms with Crippen molar-refractivity contribution in [3.8, 4) is 5.75 Å². The van der Waals surface area contributed by atoms with Crippen molar-refractivity contribution in [1.82, 2.24) is 0 Å². The topological polar surface area (TPSA) is 29.5 Å². The molecule has 24 heavy (non-hydrogen) atoms. The highest BCUT2D eigenvalue weighted by molar-refractivity contribution is 8.27. The molecule has 1 amide bonds. The van der Waals surface area contributed by atoms with E-state index in [0.717, 1.165) is 17.0 Å². The van der Waals surface area contributed by atoms with Crippen molar-refractivity contribution < 1.29 is 9.53 Å². The highest BCUT2D eigenvalue weighted by atomic mass is 35.5. The third-order valence-corrected chi connectivity index (χ3v) is 4.88. The summed E-state index contributed by atoms with van der Waals surface area (Å²) in [6, 6.07) is 14.7. The number of carbonyl (C=O) groups is 1. The maximum Gasteiger partial charge on any atom is 0.270 e. The summed E-state index contributed by atoms with van der Waals surface area (Å²) in [5.41, 5.74) is 1.60. The number of hydrogen-bond acceptors (Lipinski definition) is 4. The molecule has 1 aliphatic heterocycles. The van der Waals surface area contributed by atoms with Gasteiger partial charge in [0.1, 0.15) is 5.75 Å². The molecule has 122 valence electrons. The van der Waals surface area contributed by atoms with Gasteiger partial charge < -0.3 is 4.74 Å². The summed E-state index contributed by atoms with van der Waals surface area (Å²) >= 11 is 12.7. The average molecular weight is 376 g/mol. The molecule has 3 nitrogen and oxygen atoms in total. The molecule has 0 spiro atoms. The summed E-state index contributed by atoms with van der Waals surface area (Å²) in [5.74, 6) is 0.635. The fourth-order valence-corrected chi connectivity index (χ4v) is 3.79. The predicted octanol–water partition coefficient (Wildman–Crippen LogP) is 5.14. The first-order chi connectivity index (χ1) is 11.6. The Labute approximate surface area is 155 Å². The van der Waals surface area contributed by atoms with E-state index >= 15 is 0 Å². The first-order valence-corrected chi connectivity index (χ1v) is 8.95. The van der Waals surface area contributed by atoms with Crippen molar-refractivity contribution in [3.05, 3.63) is 64.0 Å². The van der Waals surface area contributed by atoms with Crippen LogP contribution in [-0.4, -0.2) is 16.8 Å². The van der Waals surface area contributed by atoms with E-state index in [1.807, 2.05) is 49.4 Å². The molecule has 0 aliphatic carbocycles. The van der Waals surface area contributed by atoms with Gasteiger partial charge in [-0.2, -0.15) is 0 Å². The fourth-order valence-electron chi connectivity index (χ4n) is 2.30. The van der Waals surface area contributed by atoms with Crippen LogP contribution in [0.15, 0.2) is 53.4 Å². The minimum absolute atomic E-state index is 0.130. The highest BCUT2D eigenvalue weighted by Gasteiger charge is 2.33. The molecule has 2 aromatic rings. The van der Waals surface area contributed by atoms with Gasteiger partial charge in [0, 0.05) is 5.02 Å². The standard InChI is InChI=1S/C18H14ClNO2S2/c1-2-22-15-8-6-14(7-9-15)20-17(21)16(24-18(20)23)11-12-4-3-5-13(19)10-12/h3-11H,2H2,1H3/b16-11+. The van der Waals surface area contributed by atoms with Crippen molar-refractivity contribution in [1.29, 1.82) is 0 Å². The second-order valence-corrected chi connectivity index (χ2v) is 7.11. The van der Waals surface area contributed by atoms with E-state index in [9.17, 15) is 4.79 Å². The van der Waals surface area contributed by atoms with E-state index in [1.165, 1.54) is 16.7 Å². The largest absolute Gasteiger partial charge is 0.494 e. The van der Waals surface area contributed by atoms with Gasteiger partial charge in [-0.15, -0.1) is 0 Å². The zero-order valence-corrected chi connectivity index (χ0v) is 15.3. The average Bonchev–Trinajstić information content (AvgIpc) is 2.83. The van der Waals surface area contributed by atoms with Gasteiger partial charge in [-0.25, -0.2) is 0 Å². The third kappa shape index (κ3) is 3.64. The summed E-state index contributed by atoms with van der Waals surface area (Å²) < 4.78 is 5.93. The molecule has 0 saturated carbocycles. The molecule has 0 N–H and O–H groups in total. The van der Waals surface area contributed by atoms with Crippen LogP contribution in [0, 0.1) is 0 Å². The van der Waals surface area contributed by atoms with Crippen LogP contribution in [0.2, 0.25) is 5.02 Å². The molecule has 1 saturated heterocycles. The zero-order valence-electron chi connectivity index (χ0n) is 12.9. The molecule has 1 fully saturated rings. The molecule has 2 aromatic carbocycles. The summed E-state index contributed by atoms with van der Waals surface area (Å²) in [6.07, 6.45) is 1.81. The first-order valence-electron chi connectivity index (χ1n) is 7.35. The molecule has 1 heterocycles. The number of thiocarbonyl (C=S) groups is 1. The van der Waals surface area contributed by atoms with Gasteiger partial charge in [-0.05, 0) is 55.0 Å². The van der Waals surface area contributed by atoms with E-state index in [-0.39, 0.29) is 5.91 Å². The molecular weight excluding hydrogens is 362 g/mol. The summed E-state index contributed by atoms with van der Waals surface area (Å²) in [5, 5.41) is 0.630. The van der Waals surface area contributed by atoms with Crippen molar-refractivity contribution in [3.63, 3.8) is 0 Å². The van der Waals surface area contributed by atoms with Crippen molar-refractivity contribution in [2.75, 3.05) is 11.5 Å². The number of benzene rings is 2. The number of halogens is 1. The lowest BCUT2D eigenvalue weighted by Crippen LogP contribution is -2.27. The van der Waals surface area contributed by atoms with Gasteiger partial charge in [-0.3, -0.25) is 9.69 Å². The Morgan fingerprint density at radius 2 is 2.00 bits per heavy atom. The minimum Gasteiger partial charge on any atom is -0.494 e. The molecule has 0 atom stereocenters. The third-order valence-electron chi connectivity index (χ3n) is 3.35. The van der Waals surface area contributed by atoms with Gasteiger partial charge in [0.25, 0.3) is 5.91 Å². The van der Waals surface area contributed by atoms with Gasteiger partial charge in [-0.1, -0.05) is 47.7 Å². The van der Waals surface area contributed by atoms with Crippen LogP contribution in [0.4, 0.5) is 5.69 Å². The quantitative estimate of drug-likeness (QED) is 0.546. The Hall–Kier alpha value is -1.82. The number of amides is 1. The van der Waals surface area contributed by atoms with Crippen LogP contribution in [-0.2, 0) is 4.79 Å². The summed E-state index contributed by atoms with van der Waals surface area (Å²) in [4.78, 5) is 14.8. The number of hydrogen-bond donors (Lipinski definition) is 0. The maximum atomic E-state index is 12.7. The number of anilines is 1. The molecule has 0 aromatic heterocycles. The second-order valence-electron chi connectivity index (χ2n) is 5.00. The maximum absolute atomic E-state index is 12.7.